The van der Waals surface area contributed by atoms with Crippen LogP contribution in [0.1, 0.15) is 21.6 Å². The predicted octanol–water partition coefficient (Wildman–Crippen LogP) is 3.81. The second-order valence-corrected chi connectivity index (χ2v) is 4.55. The summed E-state index contributed by atoms with van der Waals surface area (Å²) in [5, 5.41) is 11.7. The number of rotatable bonds is 0. The first kappa shape index (κ1) is 11.1. The Morgan fingerprint density at radius 3 is 2.29 bits per heavy atom. The molecule has 0 saturated carbocycles. The molecule has 0 unspecified atom stereocenters. The molecule has 1 aromatic rings. The van der Waals surface area contributed by atoms with Crippen molar-refractivity contribution in [2.24, 2.45) is 0 Å². The summed E-state index contributed by atoms with van der Waals surface area (Å²) in [7, 11) is 0. The van der Waals surface area contributed by atoms with Gasteiger partial charge in [-0.25, -0.2) is 0 Å². The van der Waals surface area contributed by atoms with Crippen molar-refractivity contribution in [2.45, 2.75) is 27.7 Å². The second-order valence-electron chi connectivity index (χ2n) is 3.43. The summed E-state index contributed by atoms with van der Waals surface area (Å²) in [5.74, 6) is 0.355. The summed E-state index contributed by atoms with van der Waals surface area (Å²) in [4.78, 5) is 1.28. The predicted molar refractivity (Wildman–Crippen MR) is 62.6 cm³/mol. The molecule has 0 spiro atoms. The van der Waals surface area contributed by atoms with Crippen molar-refractivity contribution >= 4 is 11.3 Å². The van der Waals surface area contributed by atoms with Gasteiger partial charge in [-0.05, 0) is 61.9 Å². The van der Waals surface area contributed by atoms with Crippen LogP contribution in [0.4, 0.5) is 0 Å². The van der Waals surface area contributed by atoms with E-state index < -0.39 is 0 Å². The number of aromatic hydroxyl groups is 1. The van der Waals surface area contributed by atoms with Gasteiger partial charge in [0, 0.05) is 4.88 Å². The van der Waals surface area contributed by atoms with Gasteiger partial charge in [0.2, 0.25) is 0 Å². The number of aryl methyl sites for hydroxylation is 1. The van der Waals surface area contributed by atoms with Gasteiger partial charge in [-0.1, -0.05) is 0 Å². The fraction of sp³-hybridized carbons (Fsp3) is 0.333. The highest BCUT2D eigenvalue weighted by Crippen LogP contribution is 2.21. The van der Waals surface area contributed by atoms with Crippen molar-refractivity contribution in [1.82, 2.24) is 0 Å². The van der Waals surface area contributed by atoms with E-state index in [-0.39, 0.29) is 0 Å². The van der Waals surface area contributed by atoms with Crippen LogP contribution in [0.3, 0.4) is 0 Å². The average molecular weight is 208 g/mol. The second kappa shape index (κ2) is 4.47. The Balaban J connectivity index is 3.68. The third-order valence-electron chi connectivity index (χ3n) is 2.61. The molecule has 0 aliphatic heterocycles. The van der Waals surface area contributed by atoms with Crippen molar-refractivity contribution in [1.29, 1.82) is 0 Å². The molecule has 0 bridgehead atoms. The summed E-state index contributed by atoms with van der Waals surface area (Å²) in [5.41, 5.74) is 3.36. The van der Waals surface area contributed by atoms with Crippen molar-refractivity contribution in [2.75, 3.05) is 0 Å². The molecule has 76 valence electrons. The quantitative estimate of drug-likeness (QED) is 0.687. The topological polar surface area (TPSA) is 20.2 Å². The van der Waals surface area contributed by atoms with Crippen LogP contribution in [0, 0.1) is 27.7 Å². The Hall–Kier alpha value is -1.02. The third kappa shape index (κ3) is 2.26. The van der Waals surface area contributed by atoms with Crippen molar-refractivity contribution < 1.29 is 5.11 Å². The molecule has 1 rings (SSSR count). The van der Waals surface area contributed by atoms with Crippen LogP contribution in [0.15, 0.2) is 17.5 Å². The normalized spacial score (nSPS) is 9.71. The zero-order valence-corrected chi connectivity index (χ0v) is 9.90. The highest BCUT2D eigenvalue weighted by atomic mass is 32.1. The number of hydrogen-bond acceptors (Lipinski definition) is 2. The summed E-state index contributed by atoms with van der Waals surface area (Å²) in [6.45, 7) is 8.18. The maximum Gasteiger partial charge on any atom is 0.118 e. The molecule has 1 N–H and O–H groups in total. The van der Waals surface area contributed by atoms with E-state index in [1.165, 1.54) is 10.4 Å². The lowest BCUT2D eigenvalue weighted by Crippen LogP contribution is -1.84. The van der Waals surface area contributed by atoms with Gasteiger partial charge in [0.15, 0.2) is 0 Å². The van der Waals surface area contributed by atoms with E-state index in [0.29, 0.717) is 5.75 Å². The first-order valence-electron chi connectivity index (χ1n) is 4.62. The van der Waals surface area contributed by atoms with E-state index in [1.807, 2.05) is 25.3 Å². The largest absolute Gasteiger partial charge is 0.508 e. The van der Waals surface area contributed by atoms with Gasteiger partial charge in [0.25, 0.3) is 0 Å². The van der Waals surface area contributed by atoms with Gasteiger partial charge in [-0.3, -0.25) is 0 Å². The standard InChI is InChI=1S/C12H16OS/c1-8-9(2)11(4)14-7-5-6-12(13)10(8)3/h5-7,13H,1-4H3. The molecule has 0 aliphatic carbocycles. The molecule has 14 heavy (non-hydrogen) atoms. The van der Waals surface area contributed by atoms with Gasteiger partial charge < -0.3 is 5.11 Å². The van der Waals surface area contributed by atoms with E-state index in [2.05, 4.69) is 13.8 Å². The summed E-state index contributed by atoms with van der Waals surface area (Å²) in [6.07, 6.45) is 0. The molecule has 0 radical (unpaired) electrons. The molecule has 0 amide bonds. The molecule has 1 heterocycles. The van der Waals surface area contributed by atoms with Gasteiger partial charge in [-0.15, -0.1) is 11.3 Å². The molecule has 0 aromatic carbocycles. The summed E-state index contributed by atoms with van der Waals surface area (Å²) < 4.78 is 0. The Kier molecular flexibility index (Phi) is 3.53. The Bertz CT molecular complexity index is 354. The Labute approximate surface area is 89.4 Å². The molecule has 0 atom stereocenters. The zero-order chi connectivity index (χ0) is 10.7. The van der Waals surface area contributed by atoms with E-state index in [4.69, 9.17) is 0 Å². The van der Waals surface area contributed by atoms with Crippen LogP contribution >= 0.6 is 11.3 Å². The maximum atomic E-state index is 9.70. The fourth-order valence-electron chi connectivity index (χ4n) is 1.22. The van der Waals surface area contributed by atoms with Crippen molar-refractivity contribution in [3.63, 3.8) is 0 Å². The first-order valence-corrected chi connectivity index (χ1v) is 5.50. The van der Waals surface area contributed by atoms with Crippen LogP contribution < -0.4 is 0 Å². The minimum Gasteiger partial charge on any atom is -0.508 e. The highest BCUT2D eigenvalue weighted by Gasteiger charge is 2.00. The molecule has 2 heteroatoms. The van der Waals surface area contributed by atoms with E-state index >= 15 is 0 Å². The SMILES string of the molecule is Cc1scccc(O)c(C)c(C)c1C. The summed E-state index contributed by atoms with van der Waals surface area (Å²) in [6, 6.07) is 3.61. The van der Waals surface area contributed by atoms with E-state index in [1.54, 1.807) is 17.4 Å². The fourth-order valence-corrected chi connectivity index (χ4v) is 1.91. The minimum absolute atomic E-state index is 0.355. The van der Waals surface area contributed by atoms with Crippen molar-refractivity contribution in [3.05, 3.63) is 39.1 Å². The molecule has 0 aliphatic rings. The molecule has 0 fully saturated rings. The van der Waals surface area contributed by atoms with Crippen LogP contribution in [-0.2, 0) is 0 Å². The van der Waals surface area contributed by atoms with E-state index in [0.717, 1.165) is 11.1 Å². The van der Waals surface area contributed by atoms with Gasteiger partial charge >= 0.3 is 0 Å². The van der Waals surface area contributed by atoms with Crippen molar-refractivity contribution in [3.8, 4) is 5.75 Å². The van der Waals surface area contributed by atoms with Gasteiger partial charge in [-0.2, -0.15) is 0 Å². The van der Waals surface area contributed by atoms with Gasteiger partial charge in [0.1, 0.15) is 5.75 Å². The lowest BCUT2D eigenvalue weighted by atomic mass is 10.1. The summed E-state index contributed by atoms with van der Waals surface area (Å²) >= 11 is 1.69. The lowest BCUT2D eigenvalue weighted by molar-refractivity contribution is 0.471. The van der Waals surface area contributed by atoms with E-state index in [9.17, 15) is 5.11 Å². The first-order chi connectivity index (χ1) is 6.54. The molecular formula is C12H16OS. The van der Waals surface area contributed by atoms with Crippen LogP contribution in [0.2, 0.25) is 0 Å². The lowest BCUT2D eigenvalue weighted by Gasteiger charge is -2.02. The van der Waals surface area contributed by atoms with Crippen LogP contribution in [0.5, 0.6) is 5.75 Å². The minimum atomic E-state index is 0.355. The Morgan fingerprint density at radius 2 is 1.64 bits per heavy atom. The third-order valence-corrected chi connectivity index (χ3v) is 3.57. The smallest absolute Gasteiger partial charge is 0.118 e. The highest BCUT2D eigenvalue weighted by molar-refractivity contribution is 7.09. The Morgan fingerprint density at radius 1 is 1.00 bits per heavy atom. The van der Waals surface area contributed by atoms with Gasteiger partial charge in [0.05, 0.1) is 0 Å². The average Bonchev–Trinajstić information content (AvgIpc) is 2.21. The zero-order valence-electron chi connectivity index (χ0n) is 9.09. The molecule has 1 nitrogen and oxygen atoms in total. The molecule has 0 saturated heterocycles. The molecular weight excluding hydrogens is 192 g/mol. The van der Waals surface area contributed by atoms with Crippen LogP contribution in [0.25, 0.3) is 0 Å². The molecule has 1 aromatic heterocycles. The maximum absolute atomic E-state index is 9.70. The monoisotopic (exact) mass is 208 g/mol. The number of hydrogen-bond donors (Lipinski definition) is 1. The van der Waals surface area contributed by atoms with Crippen LogP contribution in [-0.4, -0.2) is 5.11 Å².